The van der Waals surface area contributed by atoms with E-state index in [2.05, 4.69) is 9.97 Å². The fraction of sp³-hybridized carbons (Fsp3) is 0.643. The highest BCUT2D eigenvalue weighted by atomic mass is 16.4. The van der Waals surface area contributed by atoms with Gasteiger partial charge in [0.2, 0.25) is 0 Å². The highest BCUT2D eigenvalue weighted by molar-refractivity contribution is 5.83. The number of imidazole rings is 1. The Hall–Kier alpha value is -2.05. The van der Waals surface area contributed by atoms with Gasteiger partial charge in [-0.25, -0.2) is 14.6 Å². The lowest BCUT2D eigenvalue weighted by Crippen LogP contribution is -2.53. The number of likely N-dealkylation sites (tertiary alicyclic amines) is 1. The van der Waals surface area contributed by atoms with Crippen molar-refractivity contribution in [2.75, 3.05) is 13.1 Å². The maximum absolute atomic E-state index is 12.7. The quantitative estimate of drug-likeness (QED) is 0.814. The fourth-order valence-corrected chi connectivity index (χ4v) is 3.10. The Balaban J connectivity index is 1.81. The highest BCUT2D eigenvalue weighted by Gasteiger charge is 2.37. The third-order valence-electron chi connectivity index (χ3n) is 4.31. The lowest BCUT2D eigenvalue weighted by molar-refractivity contribution is -0.143. The number of fused-ring (bicyclic) bond motifs is 1. The number of rotatable bonds is 1. The molecule has 0 aromatic carbocycles. The number of urea groups is 1. The van der Waals surface area contributed by atoms with E-state index in [4.69, 9.17) is 0 Å². The molecule has 2 aliphatic rings. The third-order valence-corrected chi connectivity index (χ3v) is 4.31. The van der Waals surface area contributed by atoms with E-state index in [1.165, 1.54) is 4.90 Å². The average molecular weight is 292 g/mol. The second kappa shape index (κ2) is 5.75. The number of hydrogen-bond acceptors (Lipinski definition) is 3. The maximum atomic E-state index is 12.7. The van der Waals surface area contributed by atoms with E-state index in [1.54, 1.807) is 11.2 Å². The number of nitrogens with one attached hydrogen (secondary N) is 1. The number of hydrogen-bond donors (Lipinski definition) is 2. The lowest BCUT2D eigenvalue weighted by atomic mass is 10.0. The zero-order chi connectivity index (χ0) is 14.8. The van der Waals surface area contributed by atoms with E-state index in [1.807, 2.05) is 0 Å². The predicted octanol–water partition coefficient (Wildman–Crippen LogP) is 1.22. The van der Waals surface area contributed by atoms with E-state index in [0.717, 1.165) is 50.2 Å². The Morgan fingerprint density at radius 3 is 2.62 bits per heavy atom. The van der Waals surface area contributed by atoms with Gasteiger partial charge in [0.25, 0.3) is 0 Å². The summed E-state index contributed by atoms with van der Waals surface area (Å²) in [5.74, 6) is -0.966. The van der Waals surface area contributed by atoms with Crippen LogP contribution in [0.25, 0.3) is 0 Å². The summed E-state index contributed by atoms with van der Waals surface area (Å²) >= 11 is 0. The van der Waals surface area contributed by atoms with Crippen LogP contribution in [0.5, 0.6) is 0 Å². The van der Waals surface area contributed by atoms with Crippen LogP contribution in [0.15, 0.2) is 6.33 Å². The Labute approximate surface area is 122 Å². The van der Waals surface area contributed by atoms with Gasteiger partial charge >= 0.3 is 12.0 Å². The van der Waals surface area contributed by atoms with Crippen molar-refractivity contribution in [3.05, 3.63) is 17.7 Å². The van der Waals surface area contributed by atoms with Gasteiger partial charge in [-0.3, -0.25) is 0 Å². The fourth-order valence-electron chi connectivity index (χ4n) is 3.10. The van der Waals surface area contributed by atoms with Crippen LogP contribution in [0.2, 0.25) is 0 Å². The standard InChI is InChI=1S/C14H20N4O3/c19-13(20)12-7-10-11(16-9-15-10)8-18(12)14(21)17-5-3-1-2-4-6-17/h9,12H,1-8H2,(H,15,16)(H,19,20). The van der Waals surface area contributed by atoms with Crippen molar-refractivity contribution in [1.82, 2.24) is 19.8 Å². The molecule has 3 heterocycles. The summed E-state index contributed by atoms with van der Waals surface area (Å²) in [7, 11) is 0. The van der Waals surface area contributed by atoms with Crippen molar-refractivity contribution in [2.24, 2.45) is 0 Å². The number of H-pyrrole nitrogens is 1. The lowest BCUT2D eigenvalue weighted by Gasteiger charge is -2.36. The zero-order valence-corrected chi connectivity index (χ0v) is 11.9. The first-order chi connectivity index (χ1) is 10.2. The summed E-state index contributed by atoms with van der Waals surface area (Å²) in [6.45, 7) is 1.73. The molecule has 2 aliphatic heterocycles. The number of carboxylic acids is 1. The van der Waals surface area contributed by atoms with Crippen LogP contribution < -0.4 is 0 Å². The molecule has 7 heteroatoms. The molecule has 1 saturated heterocycles. The normalized spacial score (nSPS) is 22.6. The molecule has 1 aromatic heterocycles. The van der Waals surface area contributed by atoms with Crippen LogP contribution >= 0.6 is 0 Å². The molecule has 0 radical (unpaired) electrons. The second-order valence-electron chi connectivity index (χ2n) is 5.70. The van der Waals surface area contributed by atoms with Crippen molar-refractivity contribution in [2.45, 2.75) is 44.7 Å². The second-order valence-corrected chi connectivity index (χ2v) is 5.70. The van der Waals surface area contributed by atoms with E-state index >= 15 is 0 Å². The summed E-state index contributed by atoms with van der Waals surface area (Å²) in [5.41, 5.74) is 1.60. The van der Waals surface area contributed by atoms with Crippen LogP contribution in [0.4, 0.5) is 4.79 Å². The molecule has 0 saturated carbocycles. The smallest absolute Gasteiger partial charge is 0.326 e. The maximum Gasteiger partial charge on any atom is 0.326 e. The molecule has 1 atom stereocenters. The largest absolute Gasteiger partial charge is 0.480 e. The van der Waals surface area contributed by atoms with Gasteiger partial charge in [-0.05, 0) is 12.8 Å². The Morgan fingerprint density at radius 1 is 1.24 bits per heavy atom. The summed E-state index contributed by atoms with van der Waals surface area (Å²) in [6, 6.07) is -0.985. The summed E-state index contributed by atoms with van der Waals surface area (Å²) in [5, 5.41) is 9.42. The number of aromatic amines is 1. The molecule has 1 fully saturated rings. The van der Waals surface area contributed by atoms with E-state index in [9.17, 15) is 14.7 Å². The number of amides is 2. The average Bonchev–Trinajstić information content (AvgIpc) is 2.76. The molecule has 0 bridgehead atoms. The van der Waals surface area contributed by atoms with E-state index < -0.39 is 12.0 Å². The first-order valence-electron chi connectivity index (χ1n) is 7.46. The third kappa shape index (κ3) is 2.72. The van der Waals surface area contributed by atoms with Gasteiger partial charge in [0.1, 0.15) is 6.04 Å². The Kier molecular flexibility index (Phi) is 3.81. The van der Waals surface area contributed by atoms with Crippen molar-refractivity contribution < 1.29 is 14.7 Å². The number of carboxylic acid groups (broad SMARTS) is 1. The molecule has 21 heavy (non-hydrogen) atoms. The van der Waals surface area contributed by atoms with Gasteiger partial charge in [0, 0.05) is 19.5 Å². The molecule has 1 unspecified atom stereocenters. The number of carbonyl (C=O) groups is 2. The van der Waals surface area contributed by atoms with Crippen LogP contribution in [0.3, 0.4) is 0 Å². The monoisotopic (exact) mass is 292 g/mol. The SMILES string of the molecule is O=C(O)C1Cc2nc[nH]c2CN1C(=O)N1CCCCCC1. The van der Waals surface area contributed by atoms with Crippen LogP contribution in [0.1, 0.15) is 37.1 Å². The van der Waals surface area contributed by atoms with Crippen LogP contribution in [0, 0.1) is 0 Å². The molecule has 2 amide bonds. The first kappa shape index (κ1) is 13.9. The minimum atomic E-state index is -0.966. The molecule has 2 N–H and O–H groups in total. The van der Waals surface area contributed by atoms with Crippen molar-refractivity contribution in [3.63, 3.8) is 0 Å². The summed E-state index contributed by atoms with van der Waals surface area (Å²) in [4.78, 5) is 34.6. The van der Waals surface area contributed by atoms with Crippen molar-refractivity contribution in [3.8, 4) is 0 Å². The molecule has 0 spiro atoms. The van der Waals surface area contributed by atoms with Gasteiger partial charge in [-0.1, -0.05) is 12.8 Å². The molecule has 7 nitrogen and oxygen atoms in total. The van der Waals surface area contributed by atoms with Gasteiger partial charge in [0.15, 0.2) is 0 Å². The van der Waals surface area contributed by atoms with E-state index in [-0.39, 0.29) is 12.5 Å². The number of carbonyl (C=O) groups excluding carboxylic acids is 1. The molecular weight excluding hydrogens is 272 g/mol. The number of aromatic nitrogens is 2. The molecule has 3 rings (SSSR count). The molecule has 1 aromatic rings. The van der Waals surface area contributed by atoms with Crippen LogP contribution in [-0.4, -0.2) is 56.0 Å². The van der Waals surface area contributed by atoms with Gasteiger partial charge in [-0.2, -0.15) is 0 Å². The predicted molar refractivity (Wildman–Crippen MR) is 74.7 cm³/mol. The van der Waals surface area contributed by atoms with E-state index in [0.29, 0.717) is 6.54 Å². The van der Waals surface area contributed by atoms with Crippen LogP contribution in [-0.2, 0) is 17.8 Å². The van der Waals surface area contributed by atoms with Crippen molar-refractivity contribution in [1.29, 1.82) is 0 Å². The summed E-state index contributed by atoms with van der Waals surface area (Å²) < 4.78 is 0. The Morgan fingerprint density at radius 2 is 1.95 bits per heavy atom. The minimum absolute atomic E-state index is 0.162. The van der Waals surface area contributed by atoms with Gasteiger partial charge < -0.3 is 19.9 Å². The van der Waals surface area contributed by atoms with Gasteiger partial charge in [0.05, 0.1) is 24.3 Å². The zero-order valence-electron chi connectivity index (χ0n) is 11.9. The summed E-state index contributed by atoms with van der Waals surface area (Å²) in [6.07, 6.45) is 6.09. The Bertz CT molecular complexity index is 534. The molecule has 0 aliphatic carbocycles. The number of aliphatic carboxylic acids is 1. The first-order valence-corrected chi connectivity index (χ1v) is 7.46. The van der Waals surface area contributed by atoms with Gasteiger partial charge in [-0.15, -0.1) is 0 Å². The van der Waals surface area contributed by atoms with Crippen molar-refractivity contribution >= 4 is 12.0 Å². The molecule has 114 valence electrons. The highest BCUT2D eigenvalue weighted by Crippen LogP contribution is 2.23. The number of nitrogens with zero attached hydrogens (tertiary/aromatic N) is 3. The topological polar surface area (TPSA) is 89.5 Å². The molecular formula is C14H20N4O3. The minimum Gasteiger partial charge on any atom is -0.480 e.